The maximum Gasteiger partial charge on any atom is 0.374 e. The average molecular weight is 617 g/mol. The Kier molecular flexibility index (Phi) is 9.71. The van der Waals surface area contributed by atoms with Crippen LogP contribution < -0.4 is 9.47 Å². The molecule has 0 saturated heterocycles. The SMILES string of the molecule is CCOC(=O)c1occ(-c2cccc(OCc3c(C)c(C)cc(C)c3C)c2)c1-c1cccc(OCc2c(C)c(C)cc(C)c2C)c1. The highest BCUT2D eigenvalue weighted by atomic mass is 16.5. The summed E-state index contributed by atoms with van der Waals surface area (Å²) in [5.74, 6) is 1.08. The van der Waals surface area contributed by atoms with Crippen LogP contribution >= 0.6 is 0 Å². The third kappa shape index (κ3) is 6.60. The molecule has 0 aliphatic rings. The van der Waals surface area contributed by atoms with Crippen molar-refractivity contribution in [3.63, 3.8) is 0 Å². The number of carbonyl (C=O) groups is 1. The Labute approximate surface area is 273 Å². The third-order valence-corrected chi connectivity index (χ3v) is 9.33. The van der Waals surface area contributed by atoms with Gasteiger partial charge in [0.2, 0.25) is 5.76 Å². The minimum atomic E-state index is -0.510. The van der Waals surface area contributed by atoms with Gasteiger partial charge in [0.25, 0.3) is 0 Å². The minimum Gasteiger partial charge on any atom is -0.489 e. The Bertz CT molecular complexity index is 1860. The van der Waals surface area contributed by atoms with E-state index in [-0.39, 0.29) is 12.4 Å². The molecule has 0 fully saturated rings. The van der Waals surface area contributed by atoms with Crippen molar-refractivity contribution in [2.75, 3.05) is 6.61 Å². The van der Waals surface area contributed by atoms with E-state index in [9.17, 15) is 4.79 Å². The number of aryl methyl sites for hydroxylation is 4. The molecule has 4 aromatic carbocycles. The van der Waals surface area contributed by atoms with Crippen LogP contribution in [0.2, 0.25) is 0 Å². The molecular weight excluding hydrogens is 572 g/mol. The largest absolute Gasteiger partial charge is 0.489 e. The van der Waals surface area contributed by atoms with Crippen LogP contribution in [-0.2, 0) is 18.0 Å². The van der Waals surface area contributed by atoms with Crippen molar-refractivity contribution < 1.29 is 23.4 Å². The standard InChI is InChI=1S/C41H44O5/c1-10-43-41(42)40-39(33-14-12-16-35(20-33)45-22-37-30(8)26(4)18-27(5)31(37)9)38(23-46-40)32-13-11-15-34(19-32)44-21-36-28(6)24(2)17-25(3)29(36)7/h11-20,23H,10,21-22H2,1-9H3. The second-order valence-electron chi connectivity index (χ2n) is 12.2. The molecule has 0 N–H and O–H groups in total. The Balaban J connectivity index is 1.48. The number of benzene rings is 4. The minimum absolute atomic E-state index is 0.155. The lowest BCUT2D eigenvalue weighted by Gasteiger charge is -2.17. The summed E-state index contributed by atoms with van der Waals surface area (Å²) in [4.78, 5) is 13.1. The van der Waals surface area contributed by atoms with Gasteiger partial charge in [-0.05, 0) is 153 Å². The van der Waals surface area contributed by atoms with Gasteiger partial charge in [0.05, 0.1) is 6.61 Å². The van der Waals surface area contributed by atoms with Crippen molar-refractivity contribution in [3.8, 4) is 33.8 Å². The van der Waals surface area contributed by atoms with Gasteiger partial charge in [0, 0.05) is 11.1 Å². The van der Waals surface area contributed by atoms with Gasteiger partial charge >= 0.3 is 5.97 Å². The van der Waals surface area contributed by atoms with Gasteiger partial charge in [-0.15, -0.1) is 0 Å². The Morgan fingerprint density at radius 3 is 1.57 bits per heavy atom. The number of carbonyl (C=O) groups excluding carboxylic acids is 1. The number of hydrogen-bond donors (Lipinski definition) is 0. The lowest BCUT2D eigenvalue weighted by atomic mass is 9.94. The van der Waals surface area contributed by atoms with Gasteiger partial charge in [0.15, 0.2) is 0 Å². The van der Waals surface area contributed by atoms with E-state index < -0.39 is 5.97 Å². The molecule has 0 bridgehead atoms. The fourth-order valence-corrected chi connectivity index (χ4v) is 6.04. The summed E-state index contributed by atoms with van der Waals surface area (Å²) in [6.07, 6.45) is 1.62. The third-order valence-electron chi connectivity index (χ3n) is 9.33. The van der Waals surface area contributed by atoms with Gasteiger partial charge < -0.3 is 18.6 Å². The molecule has 46 heavy (non-hydrogen) atoms. The van der Waals surface area contributed by atoms with Crippen LogP contribution in [0.5, 0.6) is 11.5 Å². The molecule has 5 nitrogen and oxygen atoms in total. The van der Waals surface area contributed by atoms with Crippen molar-refractivity contribution in [1.29, 1.82) is 0 Å². The first-order valence-corrected chi connectivity index (χ1v) is 15.9. The smallest absolute Gasteiger partial charge is 0.374 e. The van der Waals surface area contributed by atoms with Gasteiger partial charge in [0.1, 0.15) is 31.0 Å². The molecule has 5 heteroatoms. The highest BCUT2D eigenvalue weighted by Crippen LogP contribution is 2.40. The molecule has 5 aromatic rings. The lowest BCUT2D eigenvalue weighted by molar-refractivity contribution is 0.0491. The Hall–Kier alpha value is -4.77. The van der Waals surface area contributed by atoms with E-state index in [2.05, 4.69) is 67.5 Å². The number of rotatable bonds is 10. The molecular formula is C41H44O5. The second kappa shape index (κ2) is 13.7. The van der Waals surface area contributed by atoms with E-state index in [0.717, 1.165) is 22.4 Å². The van der Waals surface area contributed by atoms with Crippen molar-refractivity contribution >= 4 is 5.97 Å². The molecule has 5 rings (SSSR count). The molecule has 0 saturated carbocycles. The van der Waals surface area contributed by atoms with Crippen LogP contribution in [0.25, 0.3) is 22.3 Å². The highest BCUT2D eigenvalue weighted by Gasteiger charge is 2.24. The van der Waals surface area contributed by atoms with Crippen LogP contribution in [-0.4, -0.2) is 12.6 Å². The topological polar surface area (TPSA) is 57.9 Å². The molecule has 0 aliphatic carbocycles. The van der Waals surface area contributed by atoms with E-state index in [0.29, 0.717) is 24.5 Å². The van der Waals surface area contributed by atoms with E-state index in [1.807, 2.05) is 48.5 Å². The molecule has 0 radical (unpaired) electrons. The number of furan rings is 1. The molecule has 0 amide bonds. The monoisotopic (exact) mass is 616 g/mol. The van der Waals surface area contributed by atoms with Crippen LogP contribution in [0.3, 0.4) is 0 Å². The number of esters is 1. The van der Waals surface area contributed by atoms with Crippen LogP contribution in [0.15, 0.2) is 71.3 Å². The normalized spacial score (nSPS) is 11.1. The van der Waals surface area contributed by atoms with E-state index in [1.165, 1.54) is 55.6 Å². The van der Waals surface area contributed by atoms with Gasteiger partial charge in [-0.1, -0.05) is 36.4 Å². The highest BCUT2D eigenvalue weighted by molar-refractivity contribution is 6.00. The van der Waals surface area contributed by atoms with E-state index >= 15 is 0 Å². The van der Waals surface area contributed by atoms with Crippen LogP contribution in [0.4, 0.5) is 0 Å². The maximum atomic E-state index is 13.1. The molecule has 0 unspecified atom stereocenters. The summed E-state index contributed by atoms with van der Waals surface area (Å²) in [6, 6.07) is 20.1. The first-order valence-electron chi connectivity index (χ1n) is 15.9. The van der Waals surface area contributed by atoms with Crippen molar-refractivity contribution in [2.45, 2.75) is 75.5 Å². The second-order valence-corrected chi connectivity index (χ2v) is 12.2. The molecule has 1 aromatic heterocycles. The fourth-order valence-electron chi connectivity index (χ4n) is 6.04. The first-order chi connectivity index (χ1) is 22.0. The molecule has 0 aliphatic heterocycles. The predicted octanol–water partition coefficient (Wildman–Crippen LogP) is 10.4. The summed E-state index contributed by atoms with van der Waals surface area (Å²) in [5, 5.41) is 0. The predicted molar refractivity (Wildman–Crippen MR) is 185 cm³/mol. The zero-order valence-corrected chi connectivity index (χ0v) is 28.5. The summed E-state index contributed by atoms with van der Waals surface area (Å²) in [7, 11) is 0. The quantitative estimate of drug-likeness (QED) is 0.146. The average Bonchev–Trinajstić information content (AvgIpc) is 3.49. The summed E-state index contributed by atoms with van der Waals surface area (Å²) in [5.41, 5.74) is 15.5. The van der Waals surface area contributed by atoms with Gasteiger partial charge in [-0.25, -0.2) is 4.79 Å². The first kappa shape index (κ1) is 32.6. The molecule has 1 heterocycles. The number of hydrogen-bond acceptors (Lipinski definition) is 5. The van der Waals surface area contributed by atoms with Crippen molar-refractivity contribution in [2.24, 2.45) is 0 Å². The zero-order chi connectivity index (χ0) is 33.1. The van der Waals surface area contributed by atoms with Crippen molar-refractivity contribution in [3.05, 3.63) is 128 Å². The fraction of sp³-hybridized carbons (Fsp3) is 0.293. The van der Waals surface area contributed by atoms with Gasteiger partial charge in [-0.2, -0.15) is 0 Å². The van der Waals surface area contributed by atoms with Crippen LogP contribution in [0, 0.1) is 55.4 Å². The summed E-state index contributed by atoms with van der Waals surface area (Å²) < 4.78 is 24.0. The van der Waals surface area contributed by atoms with E-state index in [1.54, 1.807) is 13.2 Å². The zero-order valence-electron chi connectivity index (χ0n) is 28.5. The molecule has 0 atom stereocenters. The summed E-state index contributed by atoms with van der Waals surface area (Å²) >= 11 is 0. The molecule has 0 spiro atoms. The Morgan fingerprint density at radius 2 is 1.09 bits per heavy atom. The van der Waals surface area contributed by atoms with Crippen LogP contribution in [0.1, 0.15) is 73.1 Å². The summed E-state index contributed by atoms with van der Waals surface area (Å²) in [6.45, 7) is 20.1. The number of ether oxygens (including phenoxy) is 3. The van der Waals surface area contributed by atoms with Crippen molar-refractivity contribution in [1.82, 2.24) is 0 Å². The Morgan fingerprint density at radius 1 is 0.630 bits per heavy atom. The maximum absolute atomic E-state index is 13.1. The molecule has 238 valence electrons. The van der Waals surface area contributed by atoms with E-state index in [4.69, 9.17) is 18.6 Å². The van der Waals surface area contributed by atoms with Gasteiger partial charge in [-0.3, -0.25) is 0 Å². The lowest BCUT2D eigenvalue weighted by Crippen LogP contribution is -2.05.